The highest BCUT2D eigenvalue weighted by atomic mass is 32.2. The summed E-state index contributed by atoms with van der Waals surface area (Å²) in [7, 11) is 4.06. The first-order valence-corrected chi connectivity index (χ1v) is 11.7. The fraction of sp³-hybridized carbons (Fsp3) is 0.192. The molecule has 2 aromatic heterocycles. The third-order valence-electron chi connectivity index (χ3n) is 5.69. The van der Waals surface area contributed by atoms with Crippen LogP contribution in [0.4, 0.5) is 11.4 Å². The van der Waals surface area contributed by atoms with Crippen LogP contribution in [0.5, 0.6) is 0 Å². The third kappa shape index (κ3) is 3.94. The van der Waals surface area contributed by atoms with E-state index in [9.17, 15) is 4.79 Å². The average molecular weight is 441 g/mol. The Morgan fingerprint density at radius 2 is 1.75 bits per heavy atom. The molecule has 1 fully saturated rings. The molecule has 6 heteroatoms. The lowest BCUT2D eigenvalue weighted by Crippen LogP contribution is -2.37. The number of aromatic nitrogens is 2. The molecule has 0 radical (unpaired) electrons. The summed E-state index contributed by atoms with van der Waals surface area (Å²) in [5, 5.41) is 0.994. The SMILES string of the molecule is CN(C)c1ccc(C2SCCC(=O)N2c2ccc(-c3ccc4cccnc4n3)cc2)cc1. The first-order valence-electron chi connectivity index (χ1n) is 10.6. The summed E-state index contributed by atoms with van der Waals surface area (Å²) in [6.07, 6.45) is 2.31. The van der Waals surface area contributed by atoms with E-state index in [4.69, 9.17) is 0 Å². The Balaban J connectivity index is 1.45. The van der Waals surface area contributed by atoms with Gasteiger partial charge in [0.15, 0.2) is 5.65 Å². The van der Waals surface area contributed by atoms with E-state index in [1.54, 1.807) is 6.20 Å². The van der Waals surface area contributed by atoms with E-state index in [0.29, 0.717) is 6.42 Å². The third-order valence-corrected chi connectivity index (χ3v) is 6.93. The molecule has 1 atom stereocenters. The molecule has 1 aliphatic heterocycles. The van der Waals surface area contributed by atoms with Crippen molar-refractivity contribution in [3.63, 3.8) is 0 Å². The second-order valence-electron chi connectivity index (χ2n) is 8.02. The average Bonchev–Trinajstić information content (AvgIpc) is 2.84. The predicted molar refractivity (Wildman–Crippen MR) is 133 cm³/mol. The van der Waals surface area contributed by atoms with E-state index in [0.717, 1.165) is 45.0 Å². The summed E-state index contributed by atoms with van der Waals surface area (Å²) in [6, 6.07) is 24.5. The highest BCUT2D eigenvalue weighted by Gasteiger charge is 2.31. The highest BCUT2D eigenvalue weighted by molar-refractivity contribution is 7.99. The molecule has 32 heavy (non-hydrogen) atoms. The van der Waals surface area contributed by atoms with Crippen LogP contribution in [-0.2, 0) is 4.79 Å². The summed E-state index contributed by atoms with van der Waals surface area (Å²) < 4.78 is 0. The Labute approximate surface area is 192 Å². The van der Waals surface area contributed by atoms with Gasteiger partial charge in [-0.1, -0.05) is 24.3 Å². The van der Waals surface area contributed by atoms with Gasteiger partial charge in [-0.2, -0.15) is 0 Å². The number of benzene rings is 2. The topological polar surface area (TPSA) is 49.3 Å². The molecule has 0 aliphatic carbocycles. The van der Waals surface area contributed by atoms with Crippen LogP contribution in [0, 0.1) is 0 Å². The number of rotatable bonds is 4. The number of carbonyl (C=O) groups excluding carboxylic acids is 1. The fourth-order valence-electron chi connectivity index (χ4n) is 3.95. The summed E-state index contributed by atoms with van der Waals surface area (Å²) in [6.45, 7) is 0. The molecule has 0 bridgehead atoms. The second kappa shape index (κ2) is 8.63. The van der Waals surface area contributed by atoms with Gasteiger partial charge < -0.3 is 4.90 Å². The van der Waals surface area contributed by atoms with Crippen LogP contribution < -0.4 is 9.80 Å². The first kappa shape index (κ1) is 20.5. The van der Waals surface area contributed by atoms with Gasteiger partial charge in [-0.3, -0.25) is 9.69 Å². The quantitative estimate of drug-likeness (QED) is 0.417. The Hall–Kier alpha value is -3.38. The van der Waals surface area contributed by atoms with Crippen LogP contribution in [0.25, 0.3) is 22.3 Å². The zero-order chi connectivity index (χ0) is 22.1. The summed E-state index contributed by atoms with van der Waals surface area (Å²) in [4.78, 5) is 26.0. The number of hydrogen-bond donors (Lipinski definition) is 0. The molecule has 0 spiro atoms. The van der Waals surface area contributed by atoms with E-state index in [1.807, 2.05) is 79.3 Å². The van der Waals surface area contributed by atoms with Crippen LogP contribution in [0.2, 0.25) is 0 Å². The Morgan fingerprint density at radius 1 is 0.969 bits per heavy atom. The van der Waals surface area contributed by atoms with Crippen LogP contribution in [-0.4, -0.2) is 35.7 Å². The fourth-order valence-corrected chi connectivity index (χ4v) is 5.21. The van der Waals surface area contributed by atoms with Gasteiger partial charge in [-0.25, -0.2) is 9.97 Å². The van der Waals surface area contributed by atoms with Crippen LogP contribution in [0.1, 0.15) is 17.4 Å². The largest absolute Gasteiger partial charge is 0.378 e. The van der Waals surface area contributed by atoms with Gasteiger partial charge in [0, 0.05) is 54.8 Å². The van der Waals surface area contributed by atoms with Crippen molar-refractivity contribution in [1.82, 2.24) is 9.97 Å². The highest BCUT2D eigenvalue weighted by Crippen LogP contribution is 2.41. The van der Waals surface area contributed by atoms with Crippen molar-refractivity contribution < 1.29 is 4.79 Å². The Bertz CT molecular complexity index is 1260. The van der Waals surface area contributed by atoms with Gasteiger partial charge >= 0.3 is 0 Å². The van der Waals surface area contributed by atoms with Gasteiger partial charge in [0.2, 0.25) is 5.91 Å². The van der Waals surface area contributed by atoms with E-state index >= 15 is 0 Å². The minimum Gasteiger partial charge on any atom is -0.378 e. The van der Waals surface area contributed by atoms with Crippen molar-refractivity contribution in [2.45, 2.75) is 11.8 Å². The van der Waals surface area contributed by atoms with Crippen LogP contribution >= 0.6 is 11.8 Å². The number of fused-ring (bicyclic) bond motifs is 1. The van der Waals surface area contributed by atoms with Crippen LogP contribution in [0.3, 0.4) is 0 Å². The van der Waals surface area contributed by atoms with Crippen molar-refractivity contribution >= 4 is 40.1 Å². The molecule has 2 aromatic carbocycles. The summed E-state index contributed by atoms with van der Waals surface area (Å²) >= 11 is 1.81. The molecule has 4 aromatic rings. The van der Waals surface area contributed by atoms with Gasteiger partial charge in [-0.15, -0.1) is 11.8 Å². The maximum atomic E-state index is 12.9. The molecule has 1 saturated heterocycles. The molecule has 3 heterocycles. The van der Waals surface area contributed by atoms with Crippen molar-refractivity contribution in [2.24, 2.45) is 0 Å². The molecule has 1 amide bonds. The van der Waals surface area contributed by atoms with Crippen molar-refractivity contribution in [3.05, 3.63) is 84.6 Å². The van der Waals surface area contributed by atoms with E-state index in [1.165, 1.54) is 0 Å². The normalized spacial score (nSPS) is 16.4. The molecular formula is C26H24N4OS. The summed E-state index contributed by atoms with van der Waals surface area (Å²) in [5.74, 6) is 0.993. The maximum Gasteiger partial charge on any atom is 0.229 e. The lowest BCUT2D eigenvalue weighted by Gasteiger charge is -2.35. The van der Waals surface area contributed by atoms with Crippen LogP contribution in [0.15, 0.2) is 79.0 Å². The molecule has 0 N–H and O–H groups in total. The standard InChI is InChI=1S/C26H24N4OS/c1-29(2)21-10-7-20(8-11-21)26-30(24(31)15-17-32-26)22-12-5-18(6-13-22)23-14-9-19-4-3-16-27-25(19)28-23/h3-14,16,26H,15,17H2,1-2H3. The number of hydrogen-bond acceptors (Lipinski definition) is 5. The van der Waals surface area contributed by atoms with E-state index < -0.39 is 0 Å². The molecule has 5 rings (SSSR count). The van der Waals surface area contributed by atoms with Gasteiger partial charge in [-0.05, 0) is 54.1 Å². The first-order chi connectivity index (χ1) is 15.6. The van der Waals surface area contributed by atoms with Gasteiger partial charge in [0.25, 0.3) is 0 Å². The number of nitrogens with zero attached hydrogens (tertiary/aromatic N) is 4. The molecule has 160 valence electrons. The Morgan fingerprint density at radius 3 is 2.50 bits per heavy atom. The second-order valence-corrected chi connectivity index (χ2v) is 9.20. The monoisotopic (exact) mass is 440 g/mol. The number of carbonyl (C=O) groups is 1. The smallest absolute Gasteiger partial charge is 0.229 e. The zero-order valence-electron chi connectivity index (χ0n) is 18.1. The minimum absolute atomic E-state index is 0.0266. The zero-order valence-corrected chi connectivity index (χ0v) is 18.9. The maximum absolute atomic E-state index is 12.9. The van der Waals surface area contributed by atoms with Gasteiger partial charge in [0.05, 0.1) is 5.69 Å². The number of thioether (sulfide) groups is 1. The Kier molecular flexibility index (Phi) is 5.53. The number of pyridine rings is 2. The molecule has 5 nitrogen and oxygen atoms in total. The lowest BCUT2D eigenvalue weighted by atomic mass is 10.1. The predicted octanol–water partition coefficient (Wildman–Crippen LogP) is 5.53. The summed E-state index contributed by atoms with van der Waals surface area (Å²) in [5.41, 5.74) is 5.81. The molecule has 0 saturated carbocycles. The number of amides is 1. The van der Waals surface area contributed by atoms with E-state index in [-0.39, 0.29) is 11.3 Å². The minimum atomic E-state index is -0.0266. The molecular weight excluding hydrogens is 416 g/mol. The molecule has 1 unspecified atom stereocenters. The van der Waals surface area contributed by atoms with Crippen molar-refractivity contribution in [2.75, 3.05) is 29.6 Å². The van der Waals surface area contributed by atoms with Crippen molar-refractivity contribution in [3.8, 4) is 11.3 Å². The number of anilines is 2. The molecule has 1 aliphatic rings. The van der Waals surface area contributed by atoms with E-state index in [2.05, 4.69) is 39.1 Å². The van der Waals surface area contributed by atoms with Gasteiger partial charge in [0.1, 0.15) is 5.37 Å². The van der Waals surface area contributed by atoms with Crippen molar-refractivity contribution in [1.29, 1.82) is 0 Å². The lowest BCUT2D eigenvalue weighted by molar-refractivity contribution is -0.118.